The van der Waals surface area contributed by atoms with Gasteiger partial charge in [0.25, 0.3) is 0 Å². The average Bonchev–Trinajstić information content (AvgIpc) is 3.52. The molecule has 3 aliphatic heterocycles. The van der Waals surface area contributed by atoms with Gasteiger partial charge in [-0.25, -0.2) is 4.79 Å². The number of esters is 1. The van der Waals surface area contributed by atoms with Crippen LogP contribution in [0.25, 0.3) is 0 Å². The van der Waals surface area contributed by atoms with Crippen molar-refractivity contribution in [1.29, 1.82) is 0 Å². The number of carbonyl (C=O) groups is 1. The zero-order valence-electron chi connectivity index (χ0n) is 21.0. The van der Waals surface area contributed by atoms with Crippen molar-refractivity contribution in [2.24, 2.45) is 16.7 Å². The second-order valence-electron chi connectivity index (χ2n) is 11.7. The van der Waals surface area contributed by atoms with Crippen LogP contribution in [0.5, 0.6) is 0 Å². The average molecular weight is 539 g/mol. The summed E-state index contributed by atoms with van der Waals surface area (Å²) in [7, 11) is 0. The molecular formula is C26H34O12. The van der Waals surface area contributed by atoms with Gasteiger partial charge >= 0.3 is 5.97 Å². The highest BCUT2D eigenvalue weighted by atomic mass is 16.7. The van der Waals surface area contributed by atoms with E-state index in [1.54, 1.807) is 19.1 Å². The van der Waals surface area contributed by atoms with Gasteiger partial charge in [-0.3, -0.25) is 0 Å². The topological polar surface area (TPSA) is 189 Å². The van der Waals surface area contributed by atoms with Crippen molar-refractivity contribution >= 4 is 5.97 Å². The summed E-state index contributed by atoms with van der Waals surface area (Å²) in [5, 5.41) is 64.3. The second-order valence-corrected chi connectivity index (χ2v) is 11.7. The number of aliphatic hydroxyl groups excluding tert-OH is 5. The number of hydrogen-bond donors (Lipinski definition) is 6. The van der Waals surface area contributed by atoms with E-state index in [0.717, 1.165) is 0 Å². The fraction of sp³-hybridized carbons (Fsp3) is 0.731. The maximum Gasteiger partial charge on any atom is 0.342 e. The van der Waals surface area contributed by atoms with E-state index in [0.29, 0.717) is 12.0 Å². The van der Waals surface area contributed by atoms with Gasteiger partial charge in [-0.1, -0.05) is 26.0 Å². The number of hydrogen-bond acceptors (Lipinski definition) is 12. The quantitative estimate of drug-likeness (QED) is 0.201. The molecule has 5 aliphatic rings. The molecule has 12 nitrogen and oxygen atoms in total. The van der Waals surface area contributed by atoms with E-state index in [1.807, 2.05) is 13.0 Å². The molecule has 38 heavy (non-hydrogen) atoms. The van der Waals surface area contributed by atoms with E-state index < -0.39 is 89.5 Å². The number of cyclic esters (lactones) is 1. The van der Waals surface area contributed by atoms with Crippen LogP contribution in [-0.4, -0.2) is 104 Å². The summed E-state index contributed by atoms with van der Waals surface area (Å²) in [6, 6.07) is 1.68. The molecule has 2 aliphatic carbocycles. The Morgan fingerprint density at radius 2 is 1.89 bits per heavy atom. The van der Waals surface area contributed by atoms with Crippen LogP contribution in [0.4, 0.5) is 0 Å². The third-order valence-electron chi connectivity index (χ3n) is 10.1. The Morgan fingerprint density at radius 3 is 2.58 bits per heavy atom. The molecule has 4 heterocycles. The Labute approximate surface area is 218 Å². The smallest absolute Gasteiger partial charge is 0.342 e. The van der Waals surface area contributed by atoms with Gasteiger partial charge in [0.2, 0.25) is 0 Å². The molecule has 0 amide bonds. The van der Waals surface area contributed by atoms with Gasteiger partial charge in [0.15, 0.2) is 11.9 Å². The molecule has 210 valence electrons. The molecule has 0 radical (unpaired) electrons. The Hall–Kier alpha value is -1.87. The molecule has 3 saturated heterocycles. The van der Waals surface area contributed by atoms with Crippen molar-refractivity contribution in [2.75, 3.05) is 13.2 Å². The molecule has 6 N–H and O–H groups in total. The van der Waals surface area contributed by atoms with Crippen LogP contribution in [-0.2, 0) is 23.7 Å². The van der Waals surface area contributed by atoms with Gasteiger partial charge in [-0.05, 0) is 24.8 Å². The lowest BCUT2D eigenvalue weighted by molar-refractivity contribution is -0.345. The fourth-order valence-corrected chi connectivity index (χ4v) is 7.82. The summed E-state index contributed by atoms with van der Waals surface area (Å²) in [5.74, 6) is -1.43. The third-order valence-corrected chi connectivity index (χ3v) is 10.1. The molecule has 1 saturated carbocycles. The molecule has 13 atom stereocenters. The standard InChI is InChI=1S/C26H34O12/c1-23-8-13(12-5-7-34-10-12)37-22(32)26(23,33)19(31)20-24(2)15(23)4-3-6-25(24,11-35-20)38-21-18(30)17(29)16(28)14(9-27)36-21/h3,5-7,10,13-21,27-31,33H,4,8-9,11H2,1-2H3. The minimum absolute atomic E-state index is 0.111. The van der Waals surface area contributed by atoms with Crippen molar-refractivity contribution in [3.63, 3.8) is 0 Å². The lowest BCUT2D eigenvalue weighted by Gasteiger charge is -2.66. The van der Waals surface area contributed by atoms with Crippen LogP contribution in [0.1, 0.15) is 38.4 Å². The van der Waals surface area contributed by atoms with E-state index >= 15 is 0 Å². The van der Waals surface area contributed by atoms with Crippen LogP contribution >= 0.6 is 0 Å². The molecule has 12 heteroatoms. The SMILES string of the molecule is CC12CC(c3ccoc3)OC(=O)C1(O)C(O)C1OCC3(OC4OC(CO)C(O)C(O)C4O)C=CCC2C13C. The summed E-state index contributed by atoms with van der Waals surface area (Å²) in [6.07, 6.45) is -3.74. The first kappa shape index (κ1) is 26.4. The first-order chi connectivity index (χ1) is 17.9. The molecule has 6 rings (SSSR count). The highest BCUT2D eigenvalue weighted by molar-refractivity contribution is 5.83. The van der Waals surface area contributed by atoms with Crippen LogP contribution in [0.15, 0.2) is 35.2 Å². The van der Waals surface area contributed by atoms with E-state index in [1.165, 1.54) is 12.5 Å². The van der Waals surface area contributed by atoms with Gasteiger partial charge in [-0.2, -0.15) is 0 Å². The van der Waals surface area contributed by atoms with Crippen LogP contribution < -0.4 is 0 Å². The lowest BCUT2D eigenvalue weighted by atomic mass is 9.41. The van der Waals surface area contributed by atoms with E-state index in [4.69, 9.17) is 23.4 Å². The predicted octanol–water partition coefficient (Wildman–Crippen LogP) is -1.08. The van der Waals surface area contributed by atoms with Crippen LogP contribution in [0.3, 0.4) is 0 Å². The highest BCUT2D eigenvalue weighted by Gasteiger charge is 2.80. The van der Waals surface area contributed by atoms with Crippen molar-refractivity contribution in [2.45, 2.75) is 86.9 Å². The van der Waals surface area contributed by atoms with Crippen molar-refractivity contribution < 1.29 is 58.8 Å². The van der Waals surface area contributed by atoms with Crippen molar-refractivity contribution in [3.05, 3.63) is 36.3 Å². The zero-order valence-corrected chi connectivity index (χ0v) is 21.0. The number of rotatable bonds is 4. The number of carbonyl (C=O) groups excluding carboxylic acids is 1. The Balaban J connectivity index is 1.41. The number of fused-ring (bicyclic) bond motifs is 2. The van der Waals surface area contributed by atoms with E-state index in [9.17, 15) is 35.4 Å². The van der Waals surface area contributed by atoms with Crippen molar-refractivity contribution in [3.8, 4) is 0 Å². The highest BCUT2D eigenvalue weighted by Crippen LogP contribution is 2.70. The first-order valence-corrected chi connectivity index (χ1v) is 12.9. The molecule has 0 aromatic carbocycles. The fourth-order valence-electron chi connectivity index (χ4n) is 7.82. The molecule has 0 spiro atoms. The van der Waals surface area contributed by atoms with Crippen LogP contribution in [0.2, 0.25) is 0 Å². The molecular weight excluding hydrogens is 504 g/mol. The minimum atomic E-state index is -2.27. The Bertz CT molecular complexity index is 1110. The van der Waals surface area contributed by atoms with Gasteiger partial charge in [0.1, 0.15) is 42.2 Å². The Kier molecular flexibility index (Phi) is 5.94. The third kappa shape index (κ3) is 3.09. The molecule has 13 unspecified atom stereocenters. The van der Waals surface area contributed by atoms with Crippen molar-refractivity contribution in [1.82, 2.24) is 0 Å². The molecule has 1 aromatic rings. The number of ether oxygens (including phenoxy) is 4. The summed E-state index contributed by atoms with van der Waals surface area (Å²) < 4.78 is 28.9. The van der Waals surface area contributed by atoms with Gasteiger partial charge < -0.3 is 54.0 Å². The lowest BCUT2D eigenvalue weighted by Crippen LogP contribution is -2.79. The minimum Gasteiger partial charge on any atom is -0.472 e. The van der Waals surface area contributed by atoms with E-state index in [2.05, 4.69) is 0 Å². The van der Waals surface area contributed by atoms with Gasteiger partial charge in [0.05, 0.1) is 31.8 Å². The maximum absolute atomic E-state index is 13.4. The van der Waals surface area contributed by atoms with Gasteiger partial charge in [-0.15, -0.1) is 0 Å². The van der Waals surface area contributed by atoms with E-state index in [-0.39, 0.29) is 13.0 Å². The predicted molar refractivity (Wildman–Crippen MR) is 124 cm³/mol. The summed E-state index contributed by atoms with van der Waals surface area (Å²) in [5.41, 5.74) is -5.21. The first-order valence-electron chi connectivity index (χ1n) is 12.9. The Morgan fingerprint density at radius 1 is 1.13 bits per heavy atom. The zero-order chi connectivity index (χ0) is 27.3. The molecule has 1 aromatic heterocycles. The van der Waals surface area contributed by atoms with Crippen LogP contribution in [0, 0.1) is 16.7 Å². The number of furan rings is 1. The second kappa shape index (κ2) is 8.56. The summed E-state index contributed by atoms with van der Waals surface area (Å²) >= 11 is 0. The molecule has 4 fully saturated rings. The summed E-state index contributed by atoms with van der Waals surface area (Å²) in [6.45, 7) is 2.88. The van der Waals surface area contributed by atoms with Gasteiger partial charge in [0, 0.05) is 16.4 Å². The maximum atomic E-state index is 13.4. The molecule has 0 bridgehead atoms. The number of aliphatic hydroxyl groups is 6. The largest absolute Gasteiger partial charge is 0.472 e. The normalized spacial score (nSPS) is 53.8. The summed E-state index contributed by atoms with van der Waals surface area (Å²) in [4.78, 5) is 13.4. The number of allylic oxidation sites excluding steroid dienone is 1. The monoisotopic (exact) mass is 538 g/mol.